The summed E-state index contributed by atoms with van der Waals surface area (Å²) in [5.74, 6) is 0.144. The van der Waals surface area contributed by atoms with Gasteiger partial charge in [-0.25, -0.2) is 4.98 Å². The molecule has 1 saturated heterocycles. The molecule has 106 valence electrons. The zero-order valence-electron chi connectivity index (χ0n) is 10.8. The molecule has 1 amide bonds. The van der Waals surface area contributed by atoms with E-state index in [4.69, 9.17) is 0 Å². The van der Waals surface area contributed by atoms with Gasteiger partial charge < -0.3 is 10.00 Å². The van der Waals surface area contributed by atoms with Crippen LogP contribution in [0.5, 0.6) is 0 Å². The Kier molecular flexibility index (Phi) is 3.51. The molecule has 20 heavy (non-hydrogen) atoms. The zero-order chi connectivity index (χ0) is 14.3. The smallest absolute Gasteiger partial charge is 0.273 e. The van der Waals surface area contributed by atoms with E-state index in [0.29, 0.717) is 18.8 Å². The highest BCUT2D eigenvalue weighted by atomic mass is 79.9. The number of thiazole rings is 1. The highest BCUT2D eigenvalue weighted by Gasteiger charge is 2.30. The molecule has 2 N–H and O–H groups in total. The third-order valence-corrected chi connectivity index (χ3v) is 4.93. The molecule has 0 bridgehead atoms. The van der Waals surface area contributed by atoms with E-state index in [1.807, 2.05) is 6.92 Å². The van der Waals surface area contributed by atoms with E-state index < -0.39 is 0 Å². The maximum absolute atomic E-state index is 12.4. The number of carbonyl (C=O) groups excluding carboxylic acids is 1. The van der Waals surface area contributed by atoms with Crippen molar-refractivity contribution in [3.05, 3.63) is 36.6 Å². The van der Waals surface area contributed by atoms with Crippen molar-refractivity contribution >= 4 is 33.2 Å². The van der Waals surface area contributed by atoms with Crippen LogP contribution in [-0.2, 0) is 0 Å². The second-order valence-electron chi connectivity index (χ2n) is 4.82. The van der Waals surface area contributed by atoms with Crippen LogP contribution in [0.3, 0.4) is 0 Å². The number of nitrogens with one attached hydrogen (secondary N) is 2. The summed E-state index contributed by atoms with van der Waals surface area (Å²) in [6.07, 6.45) is 0.851. The lowest BCUT2D eigenvalue weighted by Gasteiger charge is -2.15. The molecule has 1 fully saturated rings. The van der Waals surface area contributed by atoms with Crippen LogP contribution in [0, 0.1) is 6.92 Å². The van der Waals surface area contributed by atoms with Crippen molar-refractivity contribution in [3.8, 4) is 0 Å². The van der Waals surface area contributed by atoms with Gasteiger partial charge in [0.1, 0.15) is 5.69 Å². The lowest BCUT2D eigenvalue weighted by atomic mass is 10.1. The van der Waals surface area contributed by atoms with Crippen molar-refractivity contribution in [1.82, 2.24) is 20.1 Å². The Morgan fingerprint density at radius 3 is 2.95 bits per heavy atom. The average Bonchev–Trinajstić information content (AvgIpc) is 3.08. The summed E-state index contributed by atoms with van der Waals surface area (Å²) < 4.78 is 0.726. The number of hydrogen-bond donors (Lipinski definition) is 2. The van der Waals surface area contributed by atoms with E-state index in [0.717, 1.165) is 20.9 Å². The number of H-pyrrole nitrogens is 2. The Bertz CT molecular complexity index is 704. The quantitative estimate of drug-likeness (QED) is 0.861. The summed E-state index contributed by atoms with van der Waals surface area (Å²) in [6.45, 7) is 3.19. The number of aromatic nitrogens is 3. The van der Waals surface area contributed by atoms with Gasteiger partial charge in [-0.05, 0) is 29.3 Å². The van der Waals surface area contributed by atoms with E-state index in [-0.39, 0.29) is 17.4 Å². The van der Waals surface area contributed by atoms with Gasteiger partial charge in [-0.1, -0.05) is 0 Å². The fraction of sp³-hybridized carbons (Fsp3) is 0.417. The Hall–Kier alpha value is -1.41. The third kappa shape index (κ3) is 2.45. The normalized spacial score (nSPS) is 18.7. The van der Waals surface area contributed by atoms with Gasteiger partial charge in [-0.2, -0.15) is 0 Å². The number of carbonyl (C=O) groups is 1. The molecule has 0 aliphatic carbocycles. The fourth-order valence-corrected chi connectivity index (χ4v) is 4.00. The summed E-state index contributed by atoms with van der Waals surface area (Å²) in [6, 6.07) is 1.56. The largest absolute Gasteiger partial charge is 0.337 e. The molecule has 1 unspecified atom stereocenters. The van der Waals surface area contributed by atoms with Crippen molar-refractivity contribution in [1.29, 1.82) is 0 Å². The standard InChI is InChI=1S/C12H13BrN4O2S/c1-6-10(14-12(13)20-6)11(19)17-3-2-7(5-17)8-4-9(18)16-15-8/h4,7H,2-3,5H2,1H3,(H2,15,16,18). The van der Waals surface area contributed by atoms with Gasteiger partial charge in [0, 0.05) is 35.6 Å². The molecule has 3 heterocycles. The maximum Gasteiger partial charge on any atom is 0.273 e. The molecular formula is C12H13BrN4O2S. The molecule has 1 atom stereocenters. The number of hydrogen-bond acceptors (Lipinski definition) is 4. The van der Waals surface area contributed by atoms with Gasteiger partial charge in [-0.15, -0.1) is 11.3 Å². The SMILES string of the molecule is Cc1sc(Br)nc1C(=O)N1CCC(c2cc(=O)[nH][nH]2)C1. The van der Waals surface area contributed by atoms with E-state index >= 15 is 0 Å². The summed E-state index contributed by atoms with van der Waals surface area (Å²) in [4.78, 5) is 30.5. The zero-order valence-corrected chi connectivity index (χ0v) is 13.2. The molecular weight excluding hydrogens is 344 g/mol. The number of nitrogens with zero attached hydrogens (tertiary/aromatic N) is 2. The highest BCUT2D eigenvalue weighted by molar-refractivity contribution is 9.11. The van der Waals surface area contributed by atoms with Gasteiger partial charge in [0.15, 0.2) is 3.92 Å². The number of rotatable bonds is 2. The van der Waals surface area contributed by atoms with E-state index in [1.54, 1.807) is 11.0 Å². The molecule has 1 aliphatic heterocycles. The molecule has 8 heteroatoms. The Morgan fingerprint density at radius 1 is 1.55 bits per heavy atom. The molecule has 2 aromatic rings. The van der Waals surface area contributed by atoms with Crippen molar-refractivity contribution in [2.24, 2.45) is 0 Å². The fourth-order valence-electron chi connectivity index (χ4n) is 2.48. The minimum atomic E-state index is -0.135. The number of halogens is 1. The van der Waals surface area contributed by atoms with E-state index in [2.05, 4.69) is 31.1 Å². The monoisotopic (exact) mass is 356 g/mol. The van der Waals surface area contributed by atoms with Crippen LogP contribution in [0.1, 0.15) is 33.4 Å². The van der Waals surface area contributed by atoms with Crippen LogP contribution in [0.2, 0.25) is 0 Å². The number of aryl methyl sites for hydroxylation is 1. The number of likely N-dealkylation sites (tertiary alicyclic amines) is 1. The second-order valence-corrected chi connectivity index (χ2v) is 7.30. The summed E-state index contributed by atoms with van der Waals surface area (Å²) in [5, 5.41) is 5.40. The van der Waals surface area contributed by atoms with Crippen LogP contribution in [0.4, 0.5) is 0 Å². The Balaban J connectivity index is 1.75. The van der Waals surface area contributed by atoms with Crippen LogP contribution in [0.25, 0.3) is 0 Å². The molecule has 0 aromatic carbocycles. The molecule has 0 spiro atoms. The van der Waals surface area contributed by atoms with Gasteiger partial charge in [0.2, 0.25) is 0 Å². The second kappa shape index (κ2) is 5.17. The van der Waals surface area contributed by atoms with Crippen molar-refractivity contribution in [2.75, 3.05) is 13.1 Å². The molecule has 2 aromatic heterocycles. The minimum absolute atomic E-state index is 0.0372. The minimum Gasteiger partial charge on any atom is -0.337 e. The summed E-state index contributed by atoms with van der Waals surface area (Å²) in [7, 11) is 0. The first-order chi connectivity index (χ1) is 9.54. The predicted molar refractivity (Wildman–Crippen MR) is 79.2 cm³/mol. The summed E-state index contributed by atoms with van der Waals surface area (Å²) >= 11 is 4.77. The molecule has 0 saturated carbocycles. The van der Waals surface area contributed by atoms with Crippen molar-refractivity contribution in [2.45, 2.75) is 19.3 Å². The first kappa shape index (κ1) is 13.6. The van der Waals surface area contributed by atoms with Gasteiger partial charge >= 0.3 is 0 Å². The first-order valence-corrected chi connectivity index (χ1v) is 7.85. The molecule has 6 nitrogen and oxygen atoms in total. The van der Waals surface area contributed by atoms with E-state index in [1.165, 1.54) is 11.3 Å². The average molecular weight is 357 g/mol. The van der Waals surface area contributed by atoms with Crippen LogP contribution < -0.4 is 5.56 Å². The maximum atomic E-state index is 12.4. The Morgan fingerprint density at radius 2 is 2.35 bits per heavy atom. The van der Waals surface area contributed by atoms with Gasteiger partial charge in [0.25, 0.3) is 11.5 Å². The van der Waals surface area contributed by atoms with Crippen molar-refractivity contribution in [3.63, 3.8) is 0 Å². The van der Waals surface area contributed by atoms with Gasteiger partial charge in [0.05, 0.1) is 0 Å². The lowest BCUT2D eigenvalue weighted by Crippen LogP contribution is -2.29. The predicted octanol–water partition coefficient (Wildman–Crippen LogP) is 1.86. The topological polar surface area (TPSA) is 81.8 Å². The lowest BCUT2D eigenvalue weighted by molar-refractivity contribution is 0.0785. The molecule has 0 radical (unpaired) electrons. The van der Waals surface area contributed by atoms with Crippen LogP contribution in [0.15, 0.2) is 14.8 Å². The first-order valence-electron chi connectivity index (χ1n) is 6.24. The van der Waals surface area contributed by atoms with E-state index in [9.17, 15) is 9.59 Å². The number of aromatic amines is 2. The van der Waals surface area contributed by atoms with Crippen LogP contribution >= 0.6 is 27.3 Å². The Labute approximate surface area is 127 Å². The van der Waals surface area contributed by atoms with Crippen molar-refractivity contribution < 1.29 is 4.79 Å². The molecule has 3 rings (SSSR count). The molecule has 1 aliphatic rings. The van der Waals surface area contributed by atoms with Crippen LogP contribution in [-0.4, -0.2) is 39.1 Å². The van der Waals surface area contributed by atoms with Gasteiger partial charge in [-0.3, -0.25) is 14.7 Å². The number of amides is 1. The third-order valence-electron chi connectivity index (χ3n) is 3.50. The highest BCUT2D eigenvalue weighted by Crippen LogP contribution is 2.28. The summed E-state index contributed by atoms with van der Waals surface area (Å²) in [5.41, 5.74) is 1.25.